The Labute approximate surface area is 109 Å². The summed E-state index contributed by atoms with van der Waals surface area (Å²) in [5.74, 6) is 1.63. The minimum atomic E-state index is 0.689. The van der Waals surface area contributed by atoms with E-state index in [1.807, 2.05) is 13.2 Å². The molecule has 0 bridgehead atoms. The van der Waals surface area contributed by atoms with Crippen LogP contribution in [0.4, 0.5) is 5.82 Å². The Morgan fingerprint density at radius 1 is 1.56 bits per heavy atom. The highest BCUT2D eigenvalue weighted by Gasteiger charge is 2.19. The number of piperidine rings is 1. The van der Waals surface area contributed by atoms with Gasteiger partial charge in [0.15, 0.2) is 0 Å². The van der Waals surface area contributed by atoms with Gasteiger partial charge in [-0.3, -0.25) is 4.90 Å². The van der Waals surface area contributed by atoms with Gasteiger partial charge in [0.25, 0.3) is 0 Å². The fraction of sp³-hybridized carbons (Fsp3) is 0.643. The van der Waals surface area contributed by atoms with Crippen LogP contribution in [0.1, 0.15) is 18.4 Å². The van der Waals surface area contributed by atoms with E-state index in [0.29, 0.717) is 5.92 Å². The molecule has 1 atom stereocenters. The van der Waals surface area contributed by atoms with Gasteiger partial charge in [0, 0.05) is 33.4 Å². The molecule has 2 rings (SSSR count). The van der Waals surface area contributed by atoms with E-state index >= 15 is 0 Å². The average molecular weight is 249 g/mol. The fourth-order valence-electron chi connectivity index (χ4n) is 2.63. The first-order valence-electron chi connectivity index (χ1n) is 6.66. The Morgan fingerprint density at radius 3 is 3.22 bits per heavy atom. The Morgan fingerprint density at radius 2 is 2.44 bits per heavy atom. The summed E-state index contributed by atoms with van der Waals surface area (Å²) in [6, 6.07) is 4.22. The maximum Gasteiger partial charge on any atom is 0.125 e. The van der Waals surface area contributed by atoms with Crippen molar-refractivity contribution in [3.05, 3.63) is 23.9 Å². The number of rotatable bonds is 5. The monoisotopic (exact) mass is 249 g/mol. The smallest absolute Gasteiger partial charge is 0.125 e. The zero-order valence-electron chi connectivity index (χ0n) is 11.4. The quantitative estimate of drug-likeness (QED) is 0.866. The highest BCUT2D eigenvalue weighted by Crippen LogP contribution is 2.19. The van der Waals surface area contributed by atoms with Gasteiger partial charge in [-0.1, -0.05) is 0 Å². The largest absolute Gasteiger partial charge is 0.384 e. The van der Waals surface area contributed by atoms with Gasteiger partial charge in [-0.2, -0.15) is 0 Å². The van der Waals surface area contributed by atoms with Crippen LogP contribution in [-0.2, 0) is 11.3 Å². The molecule has 2 heterocycles. The van der Waals surface area contributed by atoms with E-state index in [2.05, 4.69) is 27.3 Å². The lowest BCUT2D eigenvalue weighted by Crippen LogP contribution is -2.36. The Hall–Kier alpha value is -1.13. The summed E-state index contributed by atoms with van der Waals surface area (Å²) in [6.45, 7) is 4.23. The first-order chi connectivity index (χ1) is 8.81. The Bertz CT molecular complexity index is 368. The molecule has 0 aromatic carbocycles. The zero-order chi connectivity index (χ0) is 12.8. The molecule has 1 aliphatic heterocycles. The van der Waals surface area contributed by atoms with Crippen molar-refractivity contribution in [1.82, 2.24) is 9.88 Å². The third-order valence-corrected chi connectivity index (χ3v) is 3.49. The van der Waals surface area contributed by atoms with Crippen LogP contribution >= 0.6 is 0 Å². The predicted octanol–water partition coefficient (Wildman–Crippen LogP) is 1.98. The van der Waals surface area contributed by atoms with Gasteiger partial charge in [-0.25, -0.2) is 4.98 Å². The van der Waals surface area contributed by atoms with Gasteiger partial charge in [-0.05, 0) is 43.0 Å². The topological polar surface area (TPSA) is 37.4 Å². The molecule has 4 heteroatoms. The summed E-state index contributed by atoms with van der Waals surface area (Å²) in [6.07, 6.45) is 4.44. The summed E-state index contributed by atoms with van der Waals surface area (Å²) in [5.41, 5.74) is 1.33. The van der Waals surface area contributed by atoms with E-state index in [0.717, 1.165) is 25.5 Å². The average Bonchev–Trinajstić information content (AvgIpc) is 2.40. The van der Waals surface area contributed by atoms with Gasteiger partial charge < -0.3 is 10.1 Å². The minimum Gasteiger partial charge on any atom is -0.384 e. The second kappa shape index (κ2) is 6.71. The molecular weight excluding hydrogens is 226 g/mol. The van der Waals surface area contributed by atoms with Crippen molar-refractivity contribution in [3.63, 3.8) is 0 Å². The zero-order valence-corrected chi connectivity index (χ0v) is 11.4. The number of nitrogens with one attached hydrogen (secondary N) is 1. The number of ether oxygens (including phenoxy) is 1. The maximum atomic E-state index is 5.27. The van der Waals surface area contributed by atoms with Crippen LogP contribution in [0.3, 0.4) is 0 Å². The van der Waals surface area contributed by atoms with Crippen molar-refractivity contribution in [1.29, 1.82) is 0 Å². The van der Waals surface area contributed by atoms with E-state index in [-0.39, 0.29) is 0 Å². The van der Waals surface area contributed by atoms with Gasteiger partial charge in [0.05, 0.1) is 6.61 Å². The van der Waals surface area contributed by atoms with Crippen LogP contribution in [0.2, 0.25) is 0 Å². The van der Waals surface area contributed by atoms with Crippen LogP contribution < -0.4 is 5.32 Å². The number of methoxy groups -OCH3 is 1. The molecule has 0 saturated carbocycles. The number of aromatic nitrogens is 1. The lowest BCUT2D eigenvalue weighted by atomic mass is 9.98. The molecule has 1 unspecified atom stereocenters. The SMILES string of the molecule is CNc1cc(CN2CCCC(COC)C2)ccn1. The summed E-state index contributed by atoms with van der Waals surface area (Å²) in [4.78, 5) is 6.76. The first-order valence-corrected chi connectivity index (χ1v) is 6.66. The number of pyridine rings is 1. The highest BCUT2D eigenvalue weighted by atomic mass is 16.5. The van der Waals surface area contributed by atoms with E-state index < -0.39 is 0 Å². The molecule has 1 aromatic heterocycles. The van der Waals surface area contributed by atoms with Gasteiger partial charge in [0.2, 0.25) is 0 Å². The number of likely N-dealkylation sites (tertiary alicyclic amines) is 1. The van der Waals surface area contributed by atoms with Crippen molar-refractivity contribution in [3.8, 4) is 0 Å². The summed E-state index contributed by atoms with van der Waals surface area (Å²) >= 11 is 0. The van der Waals surface area contributed by atoms with E-state index in [9.17, 15) is 0 Å². The molecule has 4 nitrogen and oxygen atoms in total. The summed E-state index contributed by atoms with van der Waals surface area (Å²) in [5, 5.41) is 3.08. The molecule has 1 N–H and O–H groups in total. The van der Waals surface area contributed by atoms with Crippen LogP contribution in [-0.4, -0.2) is 43.7 Å². The van der Waals surface area contributed by atoms with Crippen molar-refractivity contribution in [2.75, 3.05) is 39.2 Å². The summed E-state index contributed by atoms with van der Waals surface area (Å²) < 4.78 is 5.27. The third kappa shape index (κ3) is 3.68. The number of nitrogens with zero attached hydrogens (tertiary/aromatic N) is 2. The highest BCUT2D eigenvalue weighted by molar-refractivity contribution is 5.36. The first kappa shape index (κ1) is 13.3. The van der Waals surface area contributed by atoms with E-state index in [1.54, 1.807) is 7.11 Å². The second-order valence-electron chi connectivity index (χ2n) is 5.00. The Kier molecular flexibility index (Phi) is 4.96. The van der Waals surface area contributed by atoms with E-state index in [1.165, 1.54) is 24.9 Å². The molecule has 0 spiro atoms. The predicted molar refractivity (Wildman–Crippen MR) is 73.7 cm³/mol. The molecule has 0 radical (unpaired) electrons. The second-order valence-corrected chi connectivity index (χ2v) is 5.00. The van der Waals surface area contributed by atoms with Crippen molar-refractivity contribution < 1.29 is 4.74 Å². The maximum absolute atomic E-state index is 5.27. The molecular formula is C14H23N3O. The van der Waals surface area contributed by atoms with Crippen LogP contribution in [0, 0.1) is 5.92 Å². The molecule has 18 heavy (non-hydrogen) atoms. The van der Waals surface area contributed by atoms with Crippen LogP contribution in [0.15, 0.2) is 18.3 Å². The van der Waals surface area contributed by atoms with Crippen molar-refractivity contribution in [2.45, 2.75) is 19.4 Å². The Balaban J connectivity index is 1.91. The van der Waals surface area contributed by atoms with Crippen LogP contribution in [0.25, 0.3) is 0 Å². The molecule has 1 saturated heterocycles. The lowest BCUT2D eigenvalue weighted by molar-refractivity contribution is 0.0874. The third-order valence-electron chi connectivity index (χ3n) is 3.49. The lowest BCUT2D eigenvalue weighted by Gasteiger charge is -2.32. The van der Waals surface area contributed by atoms with Crippen LogP contribution in [0.5, 0.6) is 0 Å². The number of hydrogen-bond donors (Lipinski definition) is 1. The number of anilines is 1. The molecule has 1 fully saturated rings. The van der Waals surface area contributed by atoms with Gasteiger partial charge in [-0.15, -0.1) is 0 Å². The molecule has 1 aromatic rings. The normalized spacial score (nSPS) is 20.9. The van der Waals surface area contributed by atoms with Crippen molar-refractivity contribution >= 4 is 5.82 Å². The van der Waals surface area contributed by atoms with E-state index in [4.69, 9.17) is 4.74 Å². The standard InChI is InChI=1S/C14H23N3O/c1-15-14-8-12(5-6-16-14)9-17-7-3-4-13(10-17)11-18-2/h5-6,8,13H,3-4,7,9-11H2,1-2H3,(H,15,16). The number of hydrogen-bond acceptors (Lipinski definition) is 4. The molecule has 100 valence electrons. The van der Waals surface area contributed by atoms with Gasteiger partial charge >= 0.3 is 0 Å². The molecule has 1 aliphatic rings. The fourth-order valence-corrected chi connectivity index (χ4v) is 2.63. The summed E-state index contributed by atoms with van der Waals surface area (Å²) in [7, 11) is 3.70. The molecule has 0 aliphatic carbocycles. The van der Waals surface area contributed by atoms with Crippen molar-refractivity contribution in [2.24, 2.45) is 5.92 Å². The minimum absolute atomic E-state index is 0.689. The molecule has 0 amide bonds. The van der Waals surface area contributed by atoms with Gasteiger partial charge in [0.1, 0.15) is 5.82 Å².